The van der Waals surface area contributed by atoms with E-state index in [1.54, 1.807) is 65.4 Å². The van der Waals surface area contributed by atoms with Crippen LogP contribution in [0.5, 0.6) is 5.75 Å². The predicted octanol–water partition coefficient (Wildman–Crippen LogP) is 4.36. The highest BCUT2D eigenvalue weighted by Gasteiger charge is 2.31. The van der Waals surface area contributed by atoms with Crippen molar-refractivity contribution >= 4 is 34.1 Å². The van der Waals surface area contributed by atoms with Crippen molar-refractivity contribution in [3.8, 4) is 22.7 Å². The second kappa shape index (κ2) is 9.08. The Balaban J connectivity index is 1.48. The van der Waals surface area contributed by atoms with Crippen LogP contribution in [0.3, 0.4) is 0 Å². The molecule has 0 bridgehead atoms. The van der Waals surface area contributed by atoms with E-state index >= 15 is 0 Å². The molecule has 37 heavy (non-hydrogen) atoms. The molecule has 0 unspecified atom stereocenters. The summed E-state index contributed by atoms with van der Waals surface area (Å²) >= 11 is 6.31. The highest BCUT2D eigenvalue weighted by Crippen LogP contribution is 2.33. The van der Waals surface area contributed by atoms with Crippen LogP contribution >= 0.6 is 11.6 Å². The first-order valence-corrected chi connectivity index (χ1v) is 11.8. The maximum Gasteiger partial charge on any atom is 0.272 e. The van der Waals surface area contributed by atoms with Crippen LogP contribution in [0.4, 0.5) is 0 Å². The molecular formula is C24H19ClN10O2. The second-order valence-electron chi connectivity index (χ2n) is 8.61. The number of aromatic nitrogens is 6. The van der Waals surface area contributed by atoms with Crippen molar-refractivity contribution in [2.24, 2.45) is 5.11 Å². The molecule has 5 aromatic rings. The van der Waals surface area contributed by atoms with Gasteiger partial charge >= 0.3 is 0 Å². The van der Waals surface area contributed by atoms with Crippen molar-refractivity contribution in [3.63, 3.8) is 0 Å². The molecule has 1 aliphatic carbocycles. The number of amides is 1. The molecule has 0 radical (unpaired) electrons. The van der Waals surface area contributed by atoms with Gasteiger partial charge in [-0.25, -0.2) is 14.2 Å². The zero-order valence-corrected chi connectivity index (χ0v) is 20.2. The molecule has 1 aliphatic rings. The molecular weight excluding hydrogens is 496 g/mol. The average Bonchev–Trinajstić information content (AvgIpc) is 3.49. The van der Waals surface area contributed by atoms with Crippen LogP contribution in [0.1, 0.15) is 23.3 Å². The molecule has 1 aromatic carbocycles. The van der Waals surface area contributed by atoms with E-state index in [1.165, 1.54) is 0 Å². The number of fused-ring (bicyclic) bond motifs is 2. The summed E-state index contributed by atoms with van der Waals surface area (Å²) in [5, 5.41) is 16.7. The highest BCUT2D eigenvalue weighted by atomic mass is 35.5. The largest absolute Gasteiger partial charge is 0.494 e. The summed E-state index contributed by atoms with van der Waals surface area (Å²) in [4.78, 5) is 25.2. The van der Waals surface area contributed by atoms with E-state index in [2.05, 4.69) is 35.5 Å². The lowest BCUT2D eigenvalue weighted by Gasteiger charge is -2.32. The standard InChI is InChI=1S/C24H19ClN10O2/c1-37-21-4-3-13(25)7-20(21)35-19-10-18(16-12-29-34-6-2-5-27-23(16)34)28-11-17(19)22(32-35)24(36)30-14-8-15(9-14)31-33-26/h2-7,10-12,14-15H,8-9H2,1H3,(H,30,36)/t14-,15-. The first kappa shape index (κ1) is 22.8. The van der Waals surface area contributed by atoms with E-state index in [9.17, 15) is 4.79 Å². The third-order valence-electron chi connectivity index (χ3n) is 6.37. The molecule has 1 amide bonds. The van der Waals surface area contributed by atoms with Gasteiger partial charge in [-0.1, -0.05) is 16.7 Å². The van der Waals surface area contributed by atoms with Crippen molar-refractivity contribution in [1.29, 1.82) is 0 Å². The average molecular weight is 515 g/mol. The summed E-state index contributed by atoms with van der Waals surface area (Å²) in [6, 6.07) is 8.62. The molecule has 4 heterocycles. The Morgan fingerprint density at radius 1 is 1.27 bits per heavy atom. The lowest BCUT2D eigenvalue weighted by Crippen LogP contribution is -2.46. The third-order valence-corrected chi connectivity index (χ3v) is 6.60. The zero-order chi connectivity index (χ0) is 25.5. The highest BCUT2D eigenvalue weighted by molar-refractivity contribution is 6.30. The summed E-state index contributed by atoms with van der Waals surface area (Å²) in [6.07, 6.45) is 7.98. The molecule has 1 N–H and O–H groups in total. The molecule has 184 valence electrons. The third kappa shape index (κ3) is 3.98. The molecule has 1 saturated carbocycles. The quantitative estimate of drug-likeness (QED) is 0.202. The fourth-order valence-corrected chi connectivity index (χ4v) is 4.64. The first-order valence-electron chi connectivity index (χ1n) is 11.4. The molecule has 1 fully saturated rings. The number of rotatable bonds is 6. The number of nitrogens with one attached hydrogen (secondary N) is 1. The summed E-state index contributed by atoms with van der Waals surface area (Å²) in [5.74, 6) is 0.189. The van der Waals surface area contributed by atoms with Gasteiger partial charge in [0.2, 0.25) is 0 Å². The molecule has 6 rings (SSSR count). The maximum atomic E-state index is 13.3. The number of benzene rings is 1. The van der Waals surface area contributed by atoms with Gasteiger partial charge in [0.25, 0.3) is 5.91 Å². The Hall–Kier alpha value is -4.67. The van der Waals surface area contributed by atoms with Crippen molar-refractivity contribution in [1.82, 2.24) is 34.7 Å². The molecule has 0 spiro atoms. The number of carbonyl (C=O) groups is 1. The smallest absolute Gasteiger partial charge is 0.272 e. The maximum absolute atomic E-state index is 13.3. The van der Waals surface area contributed by atoms with Gasteiger partial charge in [0.15, 0.2) is 11.3 Å². The number of carbonyl (C=O) groups excluding carboxylic acids is 1. The van der Waals surface area contributed by atoms with Gasteiger partial charge in [-0.05, 0) is 48.7 Å². The molecule has 12 nitrogen and oxygen atoms in total. The Morgan fingerprint density at radius 3 is 2.95 bits per heavy atom. The van der Waals surface area contributed by atoms with Gasteiger partial charge in [-0.2, -0.15) is 10.2 Å². The number of azide groups is 1. The minimum Gasteiger partial charge on any atom is -0.494 e. The van der Waals surface area contributed by atoms with Crippen molar-refractivity contribution in [2.75, 3.05) is 7.11 Å². The summed E-state index contributed by atoms with van der Waals surface area (Å²) in [7, 11) is 1.56. The summed E-state index contributed by atoms with van der Waals surface area (Å²) in [6.45, 7) is 0. The van der Waals surface area contributed by atoms with E-state index in [0.717, 1.165) is 5.56 Å². The van der Waals surface area contributed by atoms with E-state index < -0.39 is 0 Å². The number of hydrogen-bond acceptors (Lipinski definition) is 7. The van der Waals surface area contributed by atoms with Crippen LogP contribution in [0, 0.1) is 0 Å². The van der Waals surface area contributed by atoms with E-state index in [1.807, 2.05) is 6.07 Å². The number of nitrogens with zero attached hydrogens (tertiary/aromatic N) is 9. The minimum atomic E-state index is -0.346. The number of ether oxygens (including phenoxy) is 1. The summed E-state index contributed by atoms with van der Waals surface area (Å²) in [5.41, 5.74) is 12.0. The Bertz CT molecular complexity index is 1720. The van der Waals surface area contributed by atoms with Crippen molar-refractivity contribution < 1.29 is 9.53 Å². The van der Waals surface area contributed by atoms with Gasteiger partial charge in [0.05, 0.1) is 35.5 Å². The Morgan fingerprint density at radius 2 is 2.14 bits per heavy atom. The second-order valence-corrected chi connectivity index (χ2v) is 9.05. The molecule has 13 heteroatoms. The van der Waals surface area contributed by atoms with Crippen molar-refractivity contribution in [2.45, 2.75) is 24.9 Å². The van der Waals surface area contributed by atoms with Crippen LogP contribution in [-0.2, 0) is 0 Å². The van der Waals surface area contributed by atoms with Gasteiger partial charge in [0.1, 0.15) is 11.4 Å². The monoisotopic (exact) mass is 514 g/mol. The minimum absolute atomic E-state index is 0.0963. The fraction of sp³-hybridized carbons (Fsp3) is 0.208. The topological polar surface area (TPSA) is 148 Å². The van der Waals surface area contributed by atoms with E-state index in [4.69, 9.17) is 21.9 Å². The van der Waals surface area contributed by atoms with Gasteiger partial charge < -0.3 is 10.1 Å². The van der Waals surface area contributed by atoms with Gasteiger partial charge in [-0.3, -0.25) is 9.78 Å². The Labute approximate surface area is 214 Å². The fourth-order valence-electron chi connectivity index (χ4n) is 4.47. The number of methoxy groups -OCH3 is 1. The van der Waals surface area contributed by atoms with Crippen LogP contribution < -0.4 is 10.1 Å². The molecule has 0 saturated heterocycles. The van der Waals surface area contributed by atoms with E-state index in [0.29, 0.717) is 51.5 Å². The molecule has 4 aromatic heterocycles. The SMILES string of the molecule is COc1ccc(Cl)cc1-n1nc(C(=O)N[C@H]2C[C@H](N=[N+]=[N-])C2)c2cnc(-c3cnn4cccnc34)cc21. The van der Waals surface area contributed by atoms with Crippen LogP contribution in [0.25, 0.3) is 43.9 Å². The Kier molecular flexibility index (Phi) is 5.59. The molecule has 0 atom stereocenters. The number of pyridine rings is 1. The van der Waals surface area contributed by atoms with Gasteiger partial charge in [-0.15, -0.1) is 0 Å². The number of hydrogen-bond donors (Lipinski definition) is 1. The lowest BCUT2D eigenvalue weighted by molar-refractivity contribution is 0.0906. The van der Waals surface area contributed by atoms with E-state index in [-0.39, 0.29) is 23.7 Å². The number of halogens is 1. The van der Waals surface area contributed by atoms with Crippen molar-refractivity contribution in [3.05, 3.63) is 76.3 Å². The lowest BCUT2D eigenvalue weighted by atomic mass is 9.87. The van der Waals surface area contributed by atoms with Crippen LogP contribution in [0.2, 0.25) is 5.02 Å². The normalized spacial score (nSPS) is 16.8. The van der Waals surface area contributed by atoms with Crippen LogP contribution in [-0.4, -0.2) is 54.5 Å². The first-order chi connectivity index (χ1) is 18.1. The van der Waals surface area contributed by atoms with Gasteiger partial charge in [0, 0.05) is 40.6 Å². The summed E-state index contributed by atoms with van der Waals surface area (Å²) < 4.78 is 8.85. The van der Waals surface area contributed by atoms with Crippen LogP contribution in [0.15, 0.2) is 60.2 Å². The predicted molar refractivity (Wildman–Crippen MR) is 136 cm³/mol. The zero-order valence-electron chi connectivity index (χ0n) is 19.5. The molecule has 0 aliphatic heterocycles.